The van der Waals surface area contributed by atoms with Crippen molar-refractivity contribution in [2.45, 2.75) is 19.3 Å². The van der Waals surface area contributed by atoms with Crippen LogP contribution in [0.2, 0.25) is 0 Å². The number of likely N-dealkylation sites (tertiary alicyclic amines) is 1. The summed E-state index contributed by atoms with van der Waals surface area (Å²) < 4.78 is 0. The first-order valence-corrected chi connectivity index (χ1v) is 6.80. The Morgan fingerprint density at radius 3 is 2.89 bits per heavy atom. The second-order valence-corrected chi connectivity index (χ2v) is 4.85. The highest BCUT2D eigenvalue weighted by molar-refractivity contribution is 5.94. The highest BCUT2D eigenvalue weighted by atomic mass is 16.1. The van der Waals surface area contributed by atoms with Gasteiger partial charge in [-0.2, -0.15) is 5.26 Å². The molecule has 4 heteroatoms. The lowest BCUT2D eigenvalue weighted by atomic mass is 10.1. The van der Waals surface area contributed by atoms with Crippen molar-refractivity contribution < 1.29 is 4.79 Å². The molecule has 1 heterocycles. The van der Waals surface area contributed by atoms with E-state index in [1.165, 1.54) is 25.9 Å². The van der Waals surface area contributed by atoms with Gasteiger partial charge in [-0.25, -0.2) is 0 Å². The van der Waals surface area contributed by atoms with Crippen LogP contribution in [0.5, 0.6) is 0 Å². The summed E-state index contributed by atoms with van der Waals surface area (Å²) in [5, 5.41) is 11.7. The Morgan fingerprint density at radius 2 is 2.16 bits per heavy atom. The minimum atomic E-state index is -0.0986. The third-order valence-electron chi connectivity index (χ3n) is 3.39. The SMILES string of the molecule is N#Cc1cccc(C(=O)NCCCN2CCCC2)c1. The predicted molar refractivity (Wildman–Crippen MR) is 73.8 cm³/mol. The van der Waals surface area contributed by atoms with Crippen LogP contribution in [0, 0.1) is 11.3 Å². The summed E-state index contributed by atoms with van der Waals surface area (Å²) in [6.07, 6.45) is 3.57. The number of carbonyl (C=O) groups is 1. The van der Waals surface area contributed by atoms with E-state index in [1.807, 2.05) is 6.07 Å². The summed E-state index contributed by atoms with van der Waals surface area (Å²) in [6, 6.07) is 8.83. The van der Waals surface area contributed by atoms with E-state index in [2.05, 4.69) is 10.2 Å². The average molecular weight is 257 g/mol. The minimum absolute atomic E-state index is 0.0986. The molecule has 19 heavy (non-hydrogen) atoms. The Labute approximate surface area is 114 Å². The Bertz CT molecular complexity index is 473. The van der Waals surface area contributed by atoms with Gasteiger partial charge in [0.05, 0.1) is 11.6 Å². The molecule has 1 N–H and O–H groups in total. The quantitative estimate of drug-likeness (QED) is 0.818. The fourth-order valence-electron chi connectivity index (χ4n) is 2.34. The molecule has 0 atom stereocenters. The summed E-state index contributed by atoms with van der Waals surface area (Å²) in [5.41, 5.74) is 1.07. The van der Waals surface area contributed by atoms with E-state index in [-0.39, 0.29) is 5.91 Å². The zero-order valence-corrected chi connectivity index (χ0v) is 11.1. The summed E-state index contributed by atoms with van der Waals surface area (Å²) >= 11 is 0. The number of benzene rings is 1. The fraction of sp³-hybridized carbons (Fsp3) is 0.467. The molecule has 1 fully saturated rings. The van der Waals surface area contributed by atoms with Crippen LogP contribution in [-0.4, -0.2) is 37.0 Å². The molecule has 0 aromatic heterocycles. The molecule has 1 aromatic rings. The van der Waals surface area contributed by atoms with Gasteiger partial charge in [0.25, 0.3) is 5.91 Å². The van der Waals surface area contributed by atoms with Gasteiger partial charge in [0.1, 0.15) is 0 Å². The van der Waals surface area contributed by atoms with Crippen molar-refractivity contribution in [3.8, 4) is 6.07 Å². The van der Waals surface area contributed by atoms with Crippen molar-refractivity contribution in [3.63, 3.8) is 0 Å². The first kappa shape index (κ1) is 13.6. The van der Waals surface area contributed by atoms with Gasteiger partial charge in [0.2, 0.25) is 0 Å². The Balaban J connectivity index is 1.73. The number of carbonyl (C=O) groups excluding carboxylic acids is 1. The fourth-order valence-corrected chi connectivity index (χ4v) is 2.34. The first-order chi connectivity index (χ1) is 9.29. The predicted octanol–water partition coefficient (Wildman–Crippen LogP) is 1.77. The van der Waals surface area contributed by atoms with E-state index in [4.69, 9.17) is 5.26 Å². The van der Waals surface area contributed by atoms with Gasteiger partial charge in [-0.3, -0.25) is 4.79 Å². The lowest BCUT2D eigenvalue weighted by molar-refractivity contribution is 0.0952. The van der Waals surface area contributed by atoms with E-state index in [9.17, 15) is 4.79 Å². The Kier molecular flexibility index (Phi) is 4.93. The molecule has 0 bridgehead atoms. The van der Waals surface area contributed by atoms with Crippen molar-refractivity contribution in [2.24, 2.45) is 0 Å². The first-order valence-electron chi connectivity index (χ1n) is 6.80. The zero-order valence-electron chi connectivity index (χ0n) is 11.1. The second-order valence-electron chi connectivity index (χ2n) is 4.85. The van der Waals surface area contributed by atoms with Crippen molar-refractivity contribution in [1.82, 2.24) is 10.2 Å². The highest BCUT2D eigenvalue weighted by Gasteiger charge is 2.11. The minimum Gasteiger partial charge on any atom is -0.352 e. The smallest absolute Gasteiger partial charge is 0.251 e. The van der Waals surface area contributed by atoms with E-state index >= 15 is 0 Å². The largest absolute Gasteiger partial charge is 0.352 e. The Morgan fingerprint density at radius 1 is 1.37 bits per heavy atom. The molecule has 0 saturated carbocycles. The van der Waals surface area contributed by atoms with Gasteiger partial charge in [-0.1, -0.05) is 6.07 Å². The van der Waals surface area contributed by atoms with Crippen LogP contribution < -0.4 is 5.32 Å². The van der Waals surface area contributed by atoms with E-state index < -0.39 is 0 Å². The Hall–Kier alpha value is -1.86. The molecule has 100 valence electrons. The highest BCUT2D eigenvalue weighted by Crippen LogP contribution is 2.07. The van der Waals surface area contributed by atoms with E-state index in [0.717, 1.165) is 13.0 Å². The summed E-state index contributed by atoms with van der Waals surface area (Å²) in [5.74, 6) is -0.0986. The normalized spacial score (nSPS) is 15.1. The number of hydrogen-bond donors (Lipinski definition) is 1. The maximum Gasteiger partial charge on any atom is 0.251 e. The van der Waals surface area contributed by atoms with Crippen molar-refractivity contribution in [3.05, 3.63) is 35.4 Å². The van der Waals surface area contributed by atoms with Gasteiger partial charge < -0.3 is 10.2 Å². The molecule has 2 rings (SSSR count). The van der Waals surface area contributed by atoms with Crippen LogP contribution >= 0.6 is 0 Å². The van der Waals surface area contributed by atoms with Crippen LogP contribution in [0.1, 0.15) is 35.2 Å². The van der Waals surface area contributed by atoms with Gasteiger partial charge in [0, 0.05) is 12.1 Å². The van der Waals surface area contributed by atoms with Crippen LogP contribution in [0.15, 0.2) is 24.3 Å². The standard InChI is InChI=1S/C15H19N3O/c16-12-13-5-3-6-14(11-13)15(19)17-7-4-10-18-8-1-2-9-18/h3,5-6,11H,1-2,4,7-10H2,(H,17,19). The molecule has 0 radical (unpaired) electrons. The molecule has 0 unspecified atom stereocenters. The summed E-state index contributed by atoms with van der Waals surface area (Å²) in [6.45, 7) is 4.13. The van der Waals surface area contributed by atoms with Crippen LogP contribution in [0.3, 0.4) is 0 Å². The molecule has 0 aliphatic carbocycles. The number of rotatable bonds is 5. The zero-order chi connectivity index (χ0) is 13.5. The molecule has 1 aromatic carbocycles. The number of nitrogens with one attached hydrogen (secondary N) is 1. The third kappa shape index (κ3) is 4.08. The number of nitriles is 1. The lowest BCUT2D eigenvalue weighted by Crippen LogP contribution is -2.28. The molecular formula is C15H19N3O. The van der Waals surface area contributed by atoms with Gasteiger partial charge in [0.15, 0.2) is 0 Å². The van der Waals surface area contributed by atoms with E-state index in [0.29, 0.717) is 17.7 Å². The molecule has 1 amide bonds. The van der Waals surface area contributed by atoms with Crippen LogP contribution in [0.4, 0.5) is 0 Å². The maximum absolute atomic E-state index is 11.9. The van der Waals surface area contributed by atoms with Crippen molar-refractivity contribution in [1.29, 1.82) is 5.26 Å². The van der Waals surface area contributed by atoms with Crippen molar-refractivity contribution in [2.75, 3.05) is 26.2 Å². The van der Waals surface area contributed by atoms with Gasteiger partial charge >= 0.3 is 0 Å². The molecule has 0 spiro atoms. The second kappa shape index (κ2) is 6.91. The average Bonchev–Trinajstić information content (AvgIpc) is 2.96. The topological polar surface area (TPSA) is 56.1 Å². The van der Waals surface area contributed by atoms with Gasteiger partial charge in [-0.05, 0) is 57.1 Å². The monoisotopic (exact) mass is 257 g/mol. The molecule has 1 saturated heterocycles. The van der Waals surface area contributed by atoms with Gasteiger partial charge in [-0.15, -0.1) is 0 Å². The number of hydrogen-bond acceptors (Lipinski definition) is 3. The molecule has 4 nitrogen and oxygen atoms in total. The third-order valence-corrected chi connectivity index (χ3v) is 3.39. The summed E-state index contributed by atoms with van der Waals surface area (Å²) in [4.78, 5) is 14.3. The van der Waals surface area contributed by atoms with Crippen LogP contribution in [-0.2, 0) is 0 Å². The van der Waals surface area contributed by atoms with E-state index in [1.54, 1.807) is 24.3 Å². The number of amides is 1. The maximum atomic E-state index is 11.9. The molecule has 1 aliphatic heterocycles. The molecular weight excluding hydrogens is 238 g/mol. The van der Waals surface area contributed by atoms with Crippen molar-refractivity contribution >= 4 is 5.91 Å². The summed E-state index contributed by atoms with van der Waals surface area (Å²) in [7, 11) is 0. The number of nitrogens with zero attached hydrogens (tertiary/aromatic N) is 2. The lowest BCUT2D eigenvalue weighted by Gasteiger charge is -2.14. The molecule has 1 aliphatic rings. The van der Waals surface area contributed by atoms with Crippen LogP contribution in [0.25, 0.3) is 0 Å².